The molecule has 1 saturated heterocycles. The Kier molecular flexibility index (Phi) is 4.80. The molecule has 1 aliphatic heterocycles. The minimum absolute atomic E-state index is 0.00143. The number of halogens is 1. The Balaban J connectivity index is 1.86. The third-order valence-electron chi connectivity index (χ3n) is 6.11. The van der Waals surface area contributed by atoms with Gasteiger partial charge in [-0.2, -0.15) is 0 Å². The van der Waals surface area contributed by atoms with Crippen LogP contribution in [0.4, 0.5) is 4.39 Å². The van der Waals surface area contributed by atoms with Gasteiger partial charge in [0.1, 0.15) is 11.9 Å². The first-order valence-corrected chi connectivity index (χ1v) is 12.3. The predicted octanol–water partition coefficient (Wildman–Crippen LogP) is 2.77. The molecule has 0 spiro atoms. The molecule has 2 N–H and O–H groups in total. The highest BCUT2D eigenvalue weighted by atomic mass is 32.2. The normalized spacial score (nSPS) is 14.6. The summed E-state index contributed by atoms with van der Waals surface area (Å²) in [7, 11) is -3.92. The average Bonchev–Trinajstić information content (AvgIpc) is 3.25. The predicted molar refractivity (Wildman–Crippen MR) is 124 cm³/mol. The highest BCUT2D eigenvalue weighted by Crippen LogP contribution is 2.38. The molecule has 1 aliphatic rings. The SMILES string of the molecule is Cc1noc(C)c1-c1cc(C(N)=O)c2c(c1)c1ccc(C(=O)N3CC(F)C3)cc1n2S(C)(=O)=O. The van der Waals surface area contributed by atoms with Crippen molar-refractivity contribution in [2.24, 2.45) is 5.73 Å². The van der Waals surface area contributed by atoms with E-state index < -0.39 is 28.0 Å². The Morgan fingerprint density at radius 1 is 1.15 bits per heavy atom. The number of nitrogens with two attached hydrogens (primary N) is 1. The number of nitrogens with zero attached hydrogens (tertiary/aromatic N) is 3. The molecule has 0 unspecified atom stereocenters. The van der Waals surface area contributed by atoms with E-state index in [1.165, 1.54) is 17.0 Å². The number of likely N-dealkylation sites (tertiary alicyclic amines) is 1. The number of aromatic nitrogens is 2. The summed E-state index contributed by atoms with van der Waals surface area (Å²) >= 11 is 0. The van der Waals surface area contributed by atoms with E-state index in [9.17, 15) is 22.4 Å². The second-order valence-electron chi connectivity index (χ2n) is 8.55. The first kappa shape index (κ1) is 22.1. The standard InChI is InChI=1S/C23H21FN4O5S/c1-11-20(12(2)33-26-11)14-6-17-16-5-4-13(23(30)27-9-15(24)10-27)8-19(16)28(34(3,31)32)21(17)18(7-14)22(25)29/h4-8,15H,9-10H2,1-3H3,(H2,25,29). The summed E-state index contributed by atoms with van der Waals surface area (Å²) in [5.41, 5.74) is 8.13. The van der Waals surface area contributed by atoms with E-state index in [1.807, 2.05) is 0 Å². The molecule has 1 fully saturated rings. The Hall–Kier alpha value is -3.73. The lowest BCUT2D eigenvalue weighted by Crippen LogP contribution is -2.51. The number of carbonyl (C=O) groups excluding carboxylic acids is 2. The molecule has 0 aliphatic carbocycles. The van der Waals surface area contributed by atoms with Gasteiger partial charge in [0.05, 0.1) is 41.6 Å². The van der Waals surface area contributed by atoms with Crippen LogP contribution < -0.4 is 5.73 Å². The van der Waals surface area contributed by atoms with E-state index in [2.05, 4.69) is 5.16 Å². The second-order valence-corrected chi connectivity index (χ2v) is 10.4. The van der Waals surface area contributed by atoms with Gasteiger partial charge in [0, 0.05) is 21.9 Å². The quantitative estimate of drug-likeness (QED) is 0.474. The van der Waals surface area contributed by atoms with Gasteiger partial charge < -0.3 is 15.2 Å². The first-order valence-electron chi connectivity index (χ1n) is 10.5. The fourth-order valence-electron chi connectivity index (χ4n) is 4.58. The average molecular weight is 485 g/mol. The van der Waals surface area contributed by atoms with Gasteiger partial charge in [-0.1, -0.05) is 11.2 Å². The number of hydrogen-bond donors (Lipinski definition) is 1. The van der Waals surface area contributed by atoms with Crippen molar-refractivity contribution in [3.05, 3.63) is 52.9 Å². The Morgan fingerprint density at radius 3 is 2.41 bits per heavy atom. The van der Waals surface area contributed by atoms with Crippen molar-refractivity contribution < 1.29 is 26.9 Å². The van der Waals surface area contributed by atoms with E-state index in [0.29, 0.717) is 33.4 Å². The van der Waals surface area contributed by atoms with Crippen LogP contribution in [0.1, 0.15) is 32.2 Å². The maximum atomic E-state index is 13.3. The fourth-order valence-corrected chi connectivity index (χ4v) is 5.62. The molecule has 0 atom stereocenters. The van der Waals surface area contributed by atoms with E-state index in [-0.39, 0.29) is 35.2 Å². The van der Waals surface area contributed by atoms with Crippen LogP contribution in [-0.4, -0.2) is 59.8 Å². The van der Waals surface area contributed by atoms with Crippen molar-refractivity contribution in [2.75, 3.05) is 19.3 Å². The van der Waals surface area contributed by atoms with Gasteiger partial charge >= 0.3 is 0 Å². The highest BCUT2D eigenvalue weighted by Gasteiger charge is 2.32. The molecule has 3 heterocycles. The minimum atomic E-state index is -3.92. The summed E-state index contributed by atoms with van der Waals surface area (Å²) in [6.07, 6.45) is -0.0488. The number of amides is 2. The van der Waals surface area contributed by atoms with Crippen LogP contribution in [0, 0.1) is 13.8 Å². The molecular weight excluding hydrogens is 463 g/mol. The molecule has 4 aromatic rings. The molecule has 0 saturated carbocycles. The summed E-state index contributed by atoms with van der Waals surface area (Å²) in [5.74, 6) is -0.669. The zero-order valence-corrected chi connectivity index (χ0v) is 19.4. The lowest BCUT2D eigenvalue weighted by molar-refractivity contribution is 0.0400. The second kappa shape index (κ2) is 7.39. The molecular formula is C23H21FN4O5S. The number of alkyl halides is 1. The number of carbonyl (C=O) groups is 2. The van der Waals surface area contributed by atoms with Crippen LogP contribution in [0.5, 0.6) is 0 Å². The van der Waals surface area contributed by atoms with Gasteiger partial charge in [0.15, 0.2) is 0 Å². The third-order valence-corrected chi connectivity index (χ3v) is 7.15. The Bertz CT molecular complexity index is 1610. The fraction of sp³-hybridized carbons (Fsp3) is 0.261. The number of rotatable bonds is 4. The van der Waals surface area contributed by atoms with E-state index >= 15 is 0 Å². The van der Waals surface area contributed by atoms with Crippen molar-refractivity contribution in [2.45, 2.75) is 20.0 Å². The van der Waals surface area contributed by atoms with E-state index in [4.69, 9.17) is 10.3 Å². The summed E-state index contributed by atoms with van der Waals surface area (Å²) < 4.78 is 45.3. The number of aryl methyl sites for hydroxylation is 2. The van der Waals surface area contributed by atoms with Gasteiger partial charge in [-0.15, -0.1) is 0 Å². The van der Waals surface area contributed by atoms with Crippen LogP contribution >= 0.6 is 0 Å². The Labute approximate surface area is 193 Å². The highest BCUT2D eigenvalue weighted by molar-refractivity contribution is 7.89. The Morgan fingerprint density at radius 2 is 1.85 bits per heavy atom. The lowest BCUT2D eigenvalue weighted by Gasteiger charge is -2.34. The molecule has 2 amide bonds. The summed E-state index contributed by atoms with van der Waals surface area (Å²) in [5, 5.41) is 4.94. The first-order chi connectivity index (χ1) is 16.0. The topological polar surface area (TPSA) is 128 Å². The smallest absolute Gasteiger partial charge is 0.254 e. The summed E-state index contributed by atoms with van der Waals surface area (Å²) in [6, 6.07) is 7.91. The van der Waals surface area contributed by atoms with Gasteiger partial charge in [-0.25, -0.2) is 16.8 Å². The molecule has 0 bridgehead atoms. The minimum Gasteiger partial charge on any atom is -0.366 e. The number of benzene rings is 2. The van der Waals surface area contributed by atoms with Crippen molar-refractivity contribution in [3.63, 3.8) is 0 Å². The molecule has 2 aromatic heterocycles. The maximum absolute atomic E-state index is 13.3. The molecule has 2 aromatic carbocycles. The number of hydrogen-bond acceptors (Lipinski definition) is 6. The van der Waals surface area contributed by atoms with Gasteiger partial charge in [-0.3, -0.25) is 9.59 Å². The molecule has 0 radical (unpaired) electrons. The van der Waals surface area contributed by atoms with Crippen LogP contribution in [0.15, 0.2) is 34.9 Å². The summed E-state index contributed by atoms with van der Waals surface area (Å²) in [6.45, 7) is 3.49. The van der Waals surface area contributed by atoms with Crippen molar-refractivity contribution in [3.8, 4) is 11.1 Å². The van der Waals surface area contributed by atoms with Crippen LogP contribution in [0.3, 0.4) is 0 Å². The van der Waals surface area contributed by atoms with Gasteiger partial charge in [0.2, 0.25) is 10.0 Å². The zero-order chi connectivity index (χ0) is 24.5. The van der Waals surface area contributed by atoms with Crippen LogP contribution in [0.2, 0.25) is 0 Å². The van der Waals surface area contributed by atoms with Gasteiger partial charge in [-0.05, 0) is 43.7 Å². The molecule has 5 rings (SSSR count). The third kappa shape index (κ3) is 3.26. The van der Waals surface area contributed by atoms with Crippen molar-refractivity contribution >= 4 is 43.6 Å². The van der Waals surface area contributed by atoms with E-state index in [1.54, 1.807) is 32.0 Å². The number of primary amides is 1. The molecule has 11 heteroatoms. The van der Waals surface area contributed by atoms with Crippen LogP contribution in [-0.2, 0) is 10.0 Å². The van der Waals surface area contributed by atoms with Crippen molar-refractivity contribution in [1.82, 2.24) is 14.0 Å². The zero-order valence-electron chi connectivity index (χ0n) is 18.6. The lowest BCUT2D eigenvalue weighted by atomic mass is 9.97. The molecule has 9 nitrogen and oxygen atoms in total. The van der Waals surface area contributed by atoms with Gasteiger partial charge in [0.25, 0.3) is 11.8 Å². The monoisotopic (exact) mass is 484 g/mol. The molecule has 34 heavy (non-hydrogen) atoms. The van der Waals surface area contributed by atoms with Crippen molar-refractivity contribution in [1.29, 1.82) is 0 Å². The number of fused-ring (bicyclic) bond motifs is 3. The summed E-state index contributed by atoms with van der Waals surface area (Å²) in [4.78, 5) is 26.6. The molecule has 176 valence electrons. The largest absolute Gasteiger partial charge is 0.366 e. The van der Waals surface area contributed by atoms with E-state index in [0.717, 1.165) is 10.2 Å². The van der Waals surface area contributed by atoms with Crippen LogP contribution in [0.25, 0.3) is 32.9 Å². The maximum Gasteiger partial charge on any atom is 0.254 e.